The van der Waals surface area contributed by atoms with Crippen LogP contribution in [0.3, 0.4) is 0 Å². The first kappa shape index (κ1) is 19.5. The summed E-state index contributed by atoms with van der Waals surface area (Å²) in [5.41, 5.74) is 1.73. The Balaban J connectivity index is 2.05. The van der Waals surface area contributed by atoms with Crippen molar-refractivity contribution in [3.8, 4) is 11.5 Å². The fourth-order valence-electron chi connectivity index (χ4n) is 2.27. The summed E-state index contributed by atoms with van der Waals surface area (Å²) >= 11 is 6.02. The molecule has 6 heteroatoms. The van der Waals surface area contributed by atoms with E-state index in [4.69, 9.17) is 21.1 Å². The second-order valence-electron chi connectivity index (χ2n) is 5.72. The largest absolute Gasteiger partial charge is 0.490 e. The molecule has 0 heterocycles. The highest BCUT2D eigenvalue weighted by Gasteiger charge is 2.09. The number of benzene rings is 2. The van der Waals surface area contributed by atoms with Crippen LogP contribution < -0.4 is 14.8 Å². The van der Waals surface area contributed by atoms with Gasteiger partial charge in [0.2, 0.25) is 0 Å². The highest BCUT2D eigenvalue weighted by Crippen LogP contribution is 2.30. The van der Waals surface area contributed by atoms with Gasteiger partial charge >= 0.3 is 0 Å². The lowest BCUT2D eigenvalue weighted by atomic mass is 10.2. The molecule has 0 aliphatic carbocycles. The molecule has 0 aromatic heterocycles. The zero-order valence-corrected chi connectivity index (χ0v) is 15.1. The molecule has 0 spiro atoms. The van der Waals surface area contributed by atoms with Gasteiger partial charge in [-0.15, -0.1) is 0 Å². The van der Waals surface area contributed by atoms with E-state index in [2.05, 4.69) is 5.32 Å². The predicted molar refractivity (Wildman–Crippen MR) is 96.7 cm³/mol. The van der Waals surface area contributed by atoms with Gasteiger partial charge in [0.15, 0.2) is 11.5 Å². The van der Waals surface area contributed by atoms with Gasteiger partial charge in [0, 0.05) is 18.7 Å². The molecule has 2 N–H and O–H groups in total. The third kappa shape index (κ3) is 6.20. The second kappa shape index (κ2) is 9.61. The topological polar surface area (TPSA) is 50.7 Å². The van der Waals surface area contributed by atoms with E-state index < -0.39 is 6.10 Å². The Hall–Kier alpha value is -1.82. The molecule has 2 aromatic rings. The maximum Gasteiger partial charge on any atom is 0.161 e. The van der Waals surface area contributed by atoms with Crippen molar-refractivity contribution in [2.24, 2.45) is 0 Å². The lowest BCUT2D eigenvalue weighted by Gasteiger charge is -2.14. The summed E-state index contributed by atoms with van der Waals surface area (Å²) in [4.78, 5) is 0. The van der Waals surface area contributed by atoms with E-state index in [0.717, 1.165) is 5.56 Å². The minimum Gasteiger partial charge on any atom is -0.490 e. The van der Waals surface area contributed by atoms with E-state index in [1.807, 2.05) is 25.1 Å². The highest BCUT2D eigenvalue weighted by atomic mass is 35.5. The number of rotatable bonds is 9. The Morgan fingerprint density at radius 3 is 2.64 bits per heavy atom. The van der Waals surface area contributed by atoms with Crippen LogP contribution in [0.25, 0.3) is 0 Å². The van der Waals surface area contributed by atoms with E-state index in [1.165, 1.54) is 12.1 Å². The molecule has 0 aliphatic rings. The first-order valence-electron chi connectivity index (χ1n) is 8.20. The summed E-state index contributed by atoms with van der Waals surface area (Å²) in [5, 5.41) is 12.8. The van der Waals surface area contributed by atoms with Gasteiger partial charge < -0.3 is 19.9 Å². The maximum atomic E-state index is 13.1. The molecule has 25 heavy (non-hydrogen) atoms. The number of ether oxygens (including phenoxy) is 2. The van der Waals surface area contributed by atoms with Gasteiger partial charge in [-0.05, 0) is 43.7 Å². The molecule has 0 saturated heterocycles. The second-order valence-corrected chi connectivity index (χ2v) is 6.13. The Bertz CT molecular complexity index is 694. The first-order chi connectivity index (χ1) is 12.0. The molecule has 2 rings (SSSR count). The van der Waals surface area contributed by atoms with Gasteiger partial charge in [0.25, 0.3) is 0 Å². The number of nitrogens with one attached hydrogen (secondary N) is 1. The van der Waals surface area contributed by atoms with E-state index >= 15 is 0 Å². The minimum atomic E-state index is -0.394. The van der Waals surface area contributed by atoms with E-state index in [-0.39, 0.29) is 12.4 Å². The van der Waals surface area contributed by atoms with Gasteiger partial charge in [-0.2, -0.15) is 0 Å². The van der Waals surface area contributed by atoms with Gasteiger partial charge in [-0.1, -0.05) is 23.7 Å². The molecule has 0 saturated carbocycles. The van der Waals surface area contributed by atoms with Crippen molar-refractivity contribution in [2.45, 2.75) is 33.1 Å². The van der Waals surface area contributed by atoms with Gasteiger partial charge in [-0.3, -0.25) is 0 Å². The highest BCUT2D eigenvalue weighted by molar-refractivity contribution is 6.31. The van der Waals surface area contributed by atoms with E-state index in [1.54, 1.807) is 13.0 Å². The lowest BCUT2D eigenvalue weighted by Crippen LogP contribution is -2.23. The lowest BCUT2D eigenvalue weighted by molar-refractivity contribution is 0.191. The molecule has 0 bridgehead atoms. The number of hydrogen-bond acceptors (Lipinski definition) is 4. The smallest absolute Gasteiger partial charge is 0.161 e. The zero-order chi connectivity index (χ0) is 18.2. The molecule has 0 aliphatic heterocycles. The molecule has 0 unspecified atom stereocenters. The van der Waals surface area contributed by atoms with Crippen LogP contribution in [0.15, 0.2) is 36.4 Å². The predicted octanol–water partition coefficient (Wildman–Crippen LogP) is 3.93. The SMILES string of the molecule is CCOc1cc(CNC[C@H](C)O)ccc1OCc1ccc(F)cc1Cl. The molecule has 2 aromatic carbocycles. The molecule has 0 radical (unpaired) electrons. The van der Waals surface area contributed by atoms with Crippen molar-refractivity contribution < 1.29 is 19.0 Å². The molecule has 0 amide bonds. The maximum absolute atomic E-state index is 13.1. The van der Waals surface area contributed by atoms with Gasteiger partial charge in [0.05, 0.1) is 17.7 Å². The van der Waals surface area contributed by atoms with Crippen molar-refractivity contribution >= 4 is 11.6 Å². The van der Waals surface area contributed by atoms with E-state index in [0.29, 0.717) is 41.8 Å². The van der Waals surface area contributed by atoms with Crippen LogP contribution >= 0.6 is 11.6 Å². The van der Waals surface area contributed by atoms with Gasteiger partial charge in [0.1, 0.15) is 12.4 Å². The summed E-state index contributed by atoms with van der Waals surface area (Å²) < 4.78 is 24.6. The molecule has 0 fully saturated rings. The molecule has 1 atom stereocenters. The van der Waals surface area contributed by atoms with Crippen LogP contribution in [0.5, 0.6) is 11.5 Å². The summed E-state index contributed by atoms with van der Waals surface area (Å²) in [6.07, 6.45) is -0.394. The van der Waals surface area contributed by atoms with Crippen LogP contribution in [0, 0.1) is 5.82 Å². The van der Waals surface area contributed by atoms with Crippen LogP contribution in [0.4, 0.5) is 4.39 Å². The van der Waals surface area contributed by atoms with Crippen molar-refractivity contribution in [1.82, 2.24) is 5.32 Å². The molecule has 4 nitrogen and oxygen atoms in total. The average molecular weight is 368 g/mol. The Morgan fingerprint density at radius 2 is 1.96 bits per heavy atom. The number of hydrogen-bond donors (Lipinski definition) is 2. The van der Waals surface area contributed by atoms with Crippen molar-refractivity contribution in [2.75, 3.05) is 13.2 Å². The average Bonchev–Trinajstić information content (AvgIpc) is 2.55. The third-order valence-corrected chi connectivity index (χ3v) is 3.83. The minimum absolute atomic E-state index is 0.221. The molecular formula is C19H23ClFNO3. The van der Waals surface area contributed by atoms with Crippen molar-refractivity contribution in [3.63, 3.8) is 0 Å². The molecular weight excluding hydrogens is 345 g/mol. The van der Waals surface area contributed by atoms with Crippen molar-refractivity contribution in [3.05, 3.63) is 58.4 Å². The monoisotopic (exact) mass is 367 g/mol. The normalized spacial score (nSPS) is 12.0. The van der Waals surface area contributed by atoms with Crippen molar-refractivity contribution in [1.29, 1.82) is 0 Å². The first-order valence-corrected chi connectivity index (χ1v) is 8.58. The number of aliphatic hydroxyl groups excluding tert-OH is 1. The van der Waals surface area contributed by atoms with Crippen LogP contribution in [-0.4, -0.2) is 24.4 Å². The van der Waals surface area contributed by atoms with Crippen LogP contribution in [0.2, 0.25) is 5.02 Å². The Labute approximate surface area is 152 Å². The van der Waals surface area contributed by atoms with Crippen LogP contribution in [0.1, 0.15) is 25.0 Å². The fourth-order valence-corrected chi connectivity index (χ4v) is 2.49. The summed E-state index contributed by atoms with van der Waals surface area (Å²) in [5.74, 6) is 0.858. The van der Waals surface area contributed by atoms with Crippen LogP contribution in [-0.2, 0) is 13.2 Å². The Kier molecular flexibility index (Phi) is 7.50. The standard InChI is InChI=1S/C19H23ClFNO3/c1-3-24-19-8-14(11-22-10-13(2)23)4-7-18(19)25-12-15-5-6-16(21)9-17(15)20/h4-9,13,22-23H,3,10-12H2,1-2H3/t13-/m0/s1. The third-order valence-electron chi connectivity index (χ3n) is 3.48. The molecule has 136 valence electrons. The van der Waals surface area contributed by atoms with Gasteiger partial charge in [-0.25, -0.2) is 4.39 Å². The number of halogens is 2. The summed E-state index contributed by atoms with van der Waals surface area (Å²) in [6.45, 7) is 5.51. The fraction of sp³-hybridized carbons (Fsp3) is 0.368. The quantitative estimate of drug-likeness (QED) is 0.705. The number of aliphatic hydroxyl groups is 1. The summed E-state index contributed by atoms with van der Waals surface area (Å²) in [7, 11) is 0. The zero-order valence-electron chi connectivity index (χ0n) is 14.4. The Morgan fingerprint density at radius 1 is 1.16 bits per heavy atom. The summed E-state index contributed by atoms with van der Waals surface area (Å²) in [6, 6.07) is 9.89. The van der Waals surface area contributed by atoms with E-state index in [9.17, 15) is 9.50 Å².